The zero-order valence-electron chi connectivity index (χ0n) is 9.10. The van der Waals surface area contributed by atoms with Crippen molar-refractivity contribution in [2.24, 2.45) is 0 Å². The maximum Gasteiger partial charge on any atom is 0.257 e. The lowest BCUT2D eigenvalue weighted by molar-refractivity contribution is 0.217. The first-order valence-corrected chi connectivity index (χ1v) is 5.41. The third-order valence-corrected chi connectivity index (χ3v) is 2.61. The van der Waals surface area contributed by atoms with Gasteiger partial charge in [0.05, 0.1) is 5.56 Å². The van der Waals surface area contributed by atoms with E-state index in [1.54, 1.807) is 18.3 Å². The van der Waals surface area contributed by atoms with Crippen LogP contribution in [0.3, 0.4) is 0 Å². The number of nitrogens with zero attached hydrogens (tertiary/aromatic N) is 1. The molecule has 88 valence electrons. The zero-order valence-corrected chi connectivity index (χ0v) is 9.91. The topological polar surface area (TPSA) is 81.8 Å². The Morgan fingerprint density at radius 2 is 2.24 bits per heavy atom. The lowest BCUT2D eigenvalue weighted by Crippen LogP contribution is -2.17. The average Bonchev–Trinajstić information content (AvgIpc) is 2.29. The van der Waals surface area contributed by atoms with Gasteiger partial charge in [-0.2, -0.15) is 0 Å². The van der Waals surface area contributed by atoms with E-state index < -0.39 is 11.7 Å². The van der Waals surface area contributed by atoms with Gasteiger partial charge in [-0.1, -0.05) is 6.07 Å². The molecule has 0 aromatic carbocycles. The van der Waals surface area contributed by atoms with E-state index in [4.69, 9.17) is 12.2 Å². The van der Waals surface area contributed by atoms with Crippen LogP contribution in [0.5, 0.6) is 0 Å². The summed E-state index contributed by atoms with van der Waals surface area (Å²) in [6, 6.07) is 3.51. The molecule has 0 bridgehead atoms. The van der Waals surface area contributed by atoms with Crippen LogP contribution in [-0.2, 0) is 0 Å². The van der Waals surface area contributed by atoms with Crippen molar-refractivity contribution in [2.75, 3.05) is 0 Å². The molecule has 2 heterocycles. The van der Waals surface area contributed by atoms with E-state index in [1.165, 1.54) is 6.20 Å². The molecule has 0 saturated carbocycles. The van der Waals surface area contributed by atoms with Gasteiger partial charge in [0, 0.05) is 23.7 Å². The van der Waals surface area contributed by atoms with Crippen LogP contribution < -0.4 is 5.56 Å². The van der Waals surface area contributed by atoms with Gasteiger partial charge in [-0.15, -0.1) is 0 Å². The SMILES string of the molecule is Cc1ccc(C(O)c2c[nH]c(=S)[nH]c2=O)cn1. The Bertz CT molecular complexity index is 630. The molecule has 0 spiro atoms. The summed E-state index contributed by atoms with van der Waals surface area (Å²) in [6.07, 6.45) is 1.94. The van der Waals surface area contributed by atoms with Gasteiger partial charge in [-0.3, -0.25) is 14.8 Å². The molecular weight excluding hydrogens is 238 g/mol. The van der Waals surface area contributed by atoms with Gasteiger partial charge < -0.3 is 10.1 Å². The van der Waals surface area contributed by atoms with Crippen molar-refractivity contribution in [2.45, 2.75) is 13.0 Å². The number of nitrogens with one attached hydrogen (secondary N) is 2. The lowest BCUT2D eigenvalue weighted by Gasteiger charge is -2.09. The molecule has 2 rings (SSSR count). The minimum Gasteiger partial charge on any atom is -0.383 e. The second kappa shape index (κ2) is 4.60. The smallest absolute Gasteiger partial charge is 0.257 e. The van der Waals surface area contributed by atoms with Gasteiger partial charge in [0.1, 0.15) is 6.10 Å². The molecule has 17 heavy (non-hydrogen) atoms. The van der Waals surface area contributed by atoms with Gasteiger partial charge in [0.2, 0.25) is 0 Å². The molecular formula is C11H11N3O2S. The predicted octanol–water partition coefficient (Wildman–Crippen LogP) is 1.22. The Kier molecular flexibility index (Phi) is 3.16. The second-order valence-corrected chi connectivity index (χ2v) is 4.07. The highest BCUT2D eigenvalue weighted by Gasteiger charge is 2.14. The molecule has 2 aromatic rings. The van der Waals surface area contributed by atoms with E-state index >= 15 is 0 Å². The van der Waals surface area contributed by atoms with Crippen molar-refractivity contribution < 1.29 is 5.11 Å². The van der Waals surface area contributed by atoms with Crippen LogP contribution in [-0.4, -0.2) is 20.1 Å². The molecule has 0 amide bonds. The summed E-state index contributed by atoms with van der Waals surface area (Å²) in [5.74, 6) is 0. The molecule has 0 radical (unpaired) electrons. The molecule has 0 aliphatic heterocycles. The van der Waals surface area contributed by atoms with Crippen LogP contribution in [0.2, 0.25) is 0 Å². The maximum atomic E-state index is 11.6. The normalized spacial score (nSPS) is 12.4. The van der Waals surface area contributed by atoms with Gasteiger partial charge in [-0.05, 0) is 25.2 Å². The molecule has 5 nitrogen and oxygen atoms in total. The summed E-state index contributed by atoms with van der Waals surface area (Å²) in [7, 11) is 0. The second-order valence-electron chi connectivity index (χ2n) is 3.66. The number of aliphatic hydroxyl groups excluding tert-OH is 1. The van der Waals surface area contributed by atoms with Crippen LogP contribution in [0.4, 0.5) is 0 Å². The maximum absolute atomic E-state index is 11.6. The van der Waals surface area contributed by atoms with Crippen LogP contribution in [0.1, 0.15) is 22.9 Å². The summed E-state index contributed by atoms with van der Waals surface area (Å²) in [6.45, 7) is 1.85. The van der Waals surface area contributed by atoms with E-state index in [0.717, 1.165) is 5.69 Å². The molecule has 0 saturated heterocycles. The summed E-state index contributed by atoms with van der Waals surface area (Å²) in [5.41, 5.74) is 1.22. The quantitative estimate of drug-likeness (QED) is 0.699. The zero-order chi connectivity index (χ0) is 12.4. The lowest BCUT2D eigenvalue weighted by atomic mass is 10.1. The highest BCUT2D eigenvalue weighted by atomic mass is 32.1. The van der Waals surface area contributed by atoms with E-state index in [1.807, 2.05) is 6.92 Å². The molecule has 0 aliphatic rings. The molecule has 0 aliphatic carbocycles. The van der Waals surface area contributed by atoms with Crippen molar-refractivity contribution in [1.82, 2.24) is 15.0 Å². The minimum atomic E-state index is -1.02. The molecule has 1 unspecified atom stereocenters. The van der Waals surface area contributed by atoms with Gasteiger partial charge in [-0.25, -0.2) is 0 Å². The van der Waals surface area contributed by atoms with Gasteiger partial charge in [0.25, 0.3) is 5.56 Å². The standard InChI is InChI=1S/C11H11N3O2S/c1-6-2-3-7(4-12-6)9(15)8-5-13-11(17)14-10(8)16/h2-5,9,15H,1H3,(H2,13,14,16,17). The highest BCUT2D eigenvalue weighted by Crippen LogP contribution is 2.17. The Labute approximate surface area is 102 Å². The van der Waals surface area contributed by atoms with E-state index in [2.05, 4.69) is 15.0 Å². The van der Waals surface area contributed by atoms with Crippen LogP contribution in [0.15, 0.2) is 29.3 Å². The first-order valence-electron chi connectivity index (χ1n) is 5.00. The summed E-state index contributed by atoms with van der Waals surface area (Å²) < 4.78 is 0.230. The number of pyridine rings is 1. The molecule has 0 fully saturated rings. The van der Waals surface area contributed by atoms with Crippen molar-refractivity contribution in [3.63, 3.8) is 0 Å². The van der Waals surface area contributed by atoms with Crippen molar-refractivity contribution in [3.8, 4) is 0 Å². The number of hydrogen-bond donors (Lipinski definition) is 3. The fourth-order valence-corrected chi connectivity index (χ4v) is 1.60. The van der Waals surface area contributed by atoms with Gasteiger partial charge in [0.15, 0.2) is 4.77 Å². The Morgan fingerprint density at radius 1 is 1.47 bits per heavy atom. The van der Waals surface area contributed by atoms with E-state index in [0.29, 0.717) is 5.56 Å². The van der Waals surface area contributed by atoms with Crippen LogP contribution in [0, 0.1) is 11.7 Å². The van der Waals surface area contributed by atoms with Crippen molar-refractivity contribution in [3.05, 3.63) is 56.5 Å². The number of aryl methyl sites for hydroxylation is 1. The largest absolute Gasteiger partial charge is 0.383 e. The molecule has 1 atom stereocenters. The van der Waals surface area contributed by atoms with E-state index in [-0.39, 0.29) is 10.3 Å². The fourth-order valence-electron chi connectivity index (χ4n) is 1.44. The number of rotatable bonds is 2. The van der Waals surface area contributed by atoms with Crippen molar-refractivity contribution >= 4 is 12.2 Å². The fraction of sp³-hybridized carbons (Fsp3) is 0.182. The number of aromatic nitrogens is 3. The predicted molar refractivity (Wildman–Crippen MR) is 65.3 cm³/mol. The summed E-state index contributed by atoms with van der Waals surface area (Å²) >= 11 is 4.77. The number of H-pyrrole nitrogens is 2. The first-order chi connectivity index (χ1) is 8.08. The Morgan fingerprint density at radius 3 is 2.82 bits per heavy atom. The first kappa shape index (κ1) is 11.7. The Balaban J connectivity index is 2.43. The average molecular weight is 249 g/mol. The third-order valence-electron chi connectivity index (χ3n) is 2.39. The minimum absolute atomic E-state index is 0.212. The van der Waals surface area contributed by atoms with Crippen molar-refractivity contribution in [1.29, 1.82) is 0 Å². The molecule has 2 aromatic heterocycles. The molecule has 6 heteroatoms. The number of hydrogen-bond acceptors (Lipinski definition) is 4. The number of aromatic amines is 2. The molecule has 3 N–H and O–H groups in total. The van der Waals surface area contributed by atoms with Crippen LogP contribution >= 0.6 is 12.2 Å². The third kappa shape index (κ3) is 2.48. The number of aliphatic hydroxyl groups is 1. The van der Waals surface area contributed by atoms with Gasteiger partial charge >= 0.3 is 0 Å². The van der Waals surface area contributed by atoms with E-state index in [9.17, 15) is 9.90 Å². The monoisotopic (exact) mass is 249 g/mol. The summed E-state index contributed by atoms with van der Waals surface area (Å²) in [5, 5.41) is 10.0. The summed E-state index contributed by atoms with van der Waals surface area (Å²) in [4.78, 5) is 20.8. The Hall–Kier alpha value is -1.79. The highest BCUT2D eigenvalue weighted by molar-refractivity contribution is 7.71. The van der Waals surface area contributed by atoms with Crippen LogP contribution in [0.25, 0.3) is 0 Å².